The van der Waals surface area contributed by atoms with E-state index in [-0.39, 0.29) is 10.8 Å². The van der Waals surface area contributed by atoms with Gasteiger partial charge in [0.2, 0.25) is 5.88 Å². The zero-order chi connectivity index (χ0) is 18.6. The van der Waals surface area contributed by atoms with Crippen molar-refractivity contribution < 1.29 is 9.84 Å². The van der Waals surface area contributed by atoms with E-state index in [2.05, 4.69) is 24.1 Å². The third-order valence-electron chi connectivity index (χ3n) is 5.03. The molecule has 0 saturated carbocycles. The maximum atomic E-state index is 11.1. The summed E-state index contributed by atoms with van der Waals surface area (Å²) in [4.78, 5) is 14.1. The molecule has 0 radical (unpaired) electrons. The van der Waals surface area contributed by atoms with Gasteiger partial charge in [0.15, 0.2) is 0 Å². The van der Waals surface area contributed by atoms with Crippen LogP contribution >= 0.6 is 11.3 Å². The molecule has 1 aliphatic heterocycles. The van der Waals surface area contributed by atoms with E-state index in [1.54, 1.807) is 0 Å². The molecule has 0 spiro atoms. The van der Waals surface area contributed by atoms with Crippen LogP contribution < -0.4 is 4.87 Å². The molecular weight excluding hydrogens is 346 g/mol. The van der Waals surface area contributed by atoms with Gasteiger partial charge in [-0.15, -0.1) is 0 Å². The van der Waals surface area contributed by atoms with Crippen molar-refractivity contribution >= 4 is 11.3 Å². The molecule has 0 aliphatic carbocycles. The van der Waals surface area contributed by atoms with Gasteiger partial charge in [-0.1, -0.05) is 62.5 Å². The van der Waals surface area contributed by atoms with Crippen LogP contribution in [0.1, 0.15) is 88.9 Å². The summed E-state index contributed by atoms with van der Waals surface area (Å²) in [6.45, 7) is 2.25. The number of aromatic nitrogens is 1. The van der Waals surface area contributed by atoms with Crippen molar-refractivity contribution in [3.63, 3.8) is 0 Å². The van der Waals surface area contributed by atoms with Gasteiger partial charge in [0, 0.05) is 0 Å². The lowest BCUT2D eigenvalue weighted by Gasteiger charge is -1.98. The van der Waals surface area contributed by atoms with Crippen LogP contribution in [0.4, 0.5) is 0 Å². The minimum atomic E-state index is -0.166. The predicted molar refractivity (Wildman–Crippen MR) is 109 cm³/mol. The fourth-order valence-corrected chi connectivity index (χ4v) is 4.14. The van der Waals surface area contributed by atoms with E-state index in [1.165, 1.54) is 57.8 Å². The van der Waals surface area contributed by atoms with E-state index in [1.807, 2.05) is 0 Å². The van der Waals surface area contributed by atoms with Crippen LogP contribution in [-0.4, -0.2) is 22.3 Å². The fourth-order valence-electron chi connectivity index (χ4n) is 3.37. The average Bonchev–Trinajstić information content (AvgIpc) is 3.28. The first-order valence-electron chi connectivity index (χ1n) is 10.4. The maximum Gasteiger partial charge on any atom is 0.307 e. The molecule has 0 aromatic carbocycles. The van der Waals surface area contributed by atoms with Gasteiger partial charge >= 0.3 is 4.87 Å². The summed E-state index contributed by atoms with van der Waals surface area (Å²) >= 11 is 1.12. The first kappa shape index (κ1) is 21.2. The number of nitrogens with one attached hydrogen (secondary N) is 1. The number of allylic oxidation sites excluding steroid dienone is 2. The van der Waals surface area contributed by atoms with Crippen LogP contribution in [-0.2, 0) is 11.2 Å². The van der Waals surface area contributed by atoms with E-state index in [9.17, 15) is 9.90 Å². The molecule has 2 unspecified atom stereocenters. The zero-order valence-corrected chi connectivity index (χ0v) is 17.0. The lowest BCUT2D eigenvalue weighted by molar-refractivity contribution is 0.349. The maximum absolute atomic E-state index is 11.1. The summed E-state index contributed by atoms with van der Waals surface area (Å²) in [5, 5.41) is 9.51. The number of ether oxygens (including phenoxy) is 1. The van der Waals surface area contributed by atoms with Crippen molar-refractivity contribution in [2.75, 3.05) is 0 Å². The molecule has 0 amide bonds. The minimum Gasteiger partial charge on any atom is -0.494 e. The second kappa shape index (κ2) is 12.3. The Hall–Kier alpha value is -1.07. The van der Waals surface area contributed by atoms with Gasteiger partial charge in [-0.25, -0.2) is 0 Å². The number of unbranched alkanes of at least 4 members (excludes halogenated alkanes) is 7. The van der Waals surface area contributed by atoms with Gasteiger partial charge in [-0.2, -0.15) is 0 Å². The van der Waals surface area contributed by atoms with E-state index in [0.29, 0.717) is 12.2 Å². The molecule has 2 atom stereocenters. The van der Waals surface area contributed by atoms with E-state index in [4.69, 9.17) is 4.74 Å². The second-order valence-electron chi connectivity index (χ2n) is 7.35. The molecule has 1 fully saturated rings. The van der Waals surface area contributed by atoms with Crippen molar-refractivity contribution in [1.82, 2.24) is 4.98 Å². The molecule has 1 aromatic heterocycles. The highest BCUT2D eigenvalue weighted by Gasteiger charge is 2.36. The smallest absolute Gasteiger partial charge is 0.307 e. The molecule has 5 heteroatoms. The van der Waals surface area contributed by atoms with Crippen molar-refractivity contribution in [2.24, 2.45) is 0 Å². The molecule has 4 nitrogen and oxygen atoms in total. The third kappa shape index (κ3) is 8.54. The van der Waals surface area contributed by atoms with Crippen LogP contribution in [0, 0.1) is 0 Å². The Morgan fingerprint density at radius 3 is 2.27 bits per heavy atom. The SMILES string of the molecule is CCCCCC1OC1CCCCC=CCCCCCc1sc(=O)[nH]c1O. The van der Waals surface area contributed by atoms with Gasteiger partial charge in [0.25, 0.3) is 0 Å². The standard InChI is InChI=1S/C21H35NO3S/c1-2-3-11-14-17-18(25-17)15-12-9-7-5-4-6-8-10-13-16-19-20(23)22-21(24)26-19/h4-5,17-18,23H,2-3,6-16H2,1H3,(H,22,24). The number of hydrogen-bond acceptors (Lipinski definition) is 4. The molecule has 2 N–H and O–H groups in total. The Labute approximate surface area is 161 Å². The predicted octanol–water partition coefficient (Wildman–Crippen LogP) is 5.71. The van der Waals surface area contributed by atoms with Gasteiger partial charge in [-0.3, -0.25) is 9.78 Å². The number of hydrogen-bond donors (Lipinski definition) is 2. The molecule has 26 heavy (non-hydrogen) atoms. The van der Waals surface area contributed by atoms with Gasteiger partial charge in [0.1, 0.15) is 0 Å². The summed E-state index contributed by atoms with van der Waals surface area (Å²) in [5.74, 6) is 0.0590. The number of epoxide rings is 1. The summed E-state index contributed by atoms with van der Waals surface area (Å²) in [6.07, 6.45) is 21.2. The number of H-pyrrole nitrogens is 1. The zero-order valence-electron chi connectivity index (χ0n) is 16.2. The van der Waals surface area contributed by atoms with Gasteiger partial charge < -0.3 is 9.84 Å². The Morgan fingerprint density at radius 1 is 1.00 bits per heavy atom. The van der Waals surface area contributed by atoms with E-state index in [0.717, 1.165) is 41.9 Å². The van der Waals surface area contributed by atoms with Gasteiger partial charge in [0.05, 0.1) is 17.1 Å². The highest BCUT2D eigenvalue weighted by atomic mass is 32.1. The van der Waals surface area contributed by atoms with Crippen LogP contribution in [0.25, 0.3) is 0 Å². The largest absolute Gasteiger partial charge is 0.494 e. The van der Waals surface area contributed by atoms with Crippen LogP contribution in [0.5, 0.6) is 5.88 Å². The van der Waals surface area contributed by atoms with E-state index < -0.39 is 0 Å². The molecule has 1 aromatic rings. The highest BCUT2D eigenvalue weighted by molar-refractivity contribution is 7.09. The molecule has 1 saturated heterocycles. The second-order valence-corrected chi connectivity index (χ2v) is 8.42. The summed E-state index contributed by atoms with van der Waals surface area (Å²) in [5.41, 5.74) is 0. The number of rotatable bonds is 15. The third-order valence-corrected chi connectivity index (χ3v) is 5.96. The number of aromatic amines is 1. The van der Waals surface area contributed by atoms with Crippen LogP contribution in [0.2, 0.25) is 0 Å². The van der Waals surface area contributed by atoms with Gasteiger partial charge in [-0.05, 0) is 51.4 Å². The van der Waals surface area contributed by atoms with E-state index >= 15 is 0 Å². The van der Waals surface area contributed by atoms with Crippen LogP contribution in [0.3, 0.4) is 0 Å². The monoisotopic (exact) mass is 381 g/mol. The summed E-state index contributed by atoms with van der Waals surface area (Å²) < 4.78 is 5.73. The Balaban J connectivity index is 1.35. The number of aromatic hydroxyl groups is 1. The lowest BCUT2D eigenvalue weighted by Crippen LogP contribution is -1.94. The summed E-state index contributed by atoms with van der Waals surface area (Å²) in [6, 6.07) is 0. The minimum absolute atomic E-state index is 0.0590. The highest BCUT2D eigenvalue weighted by Crippen LogP contribution is 2.31. The summed E-state index contributed by atoms with van der Waals surface area (Å²) in [7, 11) is 0. The quantitative estimate of drug-likeness (QED) is 0.232. The molecule has 2 heterocycles. The normalized spacial score (nSPS) is 19.4. The van der Waals surface area contributed by atoms with Crippen LogP contribution in [0.15, 0.2) is 16.9 Å². The average molecular weight is 382 g/mol. The Kier molecular flexibility index (Phi) is 10.1. The Morgan fingerprint density at radius 2 is 1.65 bits per heavy atom. The number of aryl methyl sites for hydroxylation is 1. The number of thiazole rings is 1. The molecular formula is C21H35NO3S. The van der Waals surface area contributed by atoms with Crippen molar-refractivity contribution in [3.05, 3.63) is 26.7 Å². The molecule has 0 bridgehead atoms. The lowest BCUT2D eigenvalue weighted by atomic mass is 10.1. The first-order chi connectivity index (χ1) is 12.7. The van der Waals surface area contributed by atoms with Crippen molar-refractivity contribution in [3.8, 4) is 5.88 Å². The topological polar surface area (TPSA) is 65.6 Å². The Bertz CT molecular complexity index is 578. The molecule has 2 rings (SSSR count). The fraction of sp³-hybridized carbons (Fsp3) is 0.762. The first-order valence-corrected chi connectivity index (χ1v) is 11.2. The van der Waals surface area contributed by atoms with Crippen molar-refractivity contribution in [2.45, 2.75) is 103 Å². The molecule has 1 aliphatic rings. The molecule has 148 valence electrons. The van der Waals surface area contributed by atoms with Crippen molar-refractivity contribution in [1.29, 1.82) is 0 Å².